The molecule has 2 aliphatic rings. The summed E-state index contributed by atoms with van der Waals surface area (Å²) in [4.78, 5) is 7.42. The quantitative estimate of drug-likeness (QED) is 0.847. The third-order valence-corrected chi connectivity index (χ3v) is 6.52. The smallest absolute Gasteiger partial charge is 0.318 e. The summed E-state index contributed by atoms with van der Waals surface area (Å²) in [6, 6.07) is 5.54. The van der Waals surface area contributed by atoms with E-state index in [2.05, 4.69) is 38.7 Å². The van der Waals surface area contributed by atoms with Crippen LogP contribution in [0.3, 0.4) is 0 Å². The first kappa shape index (κ1) is 20.2. The fourth-order valence-corrected chi connectivity index (χ4v) is 4.56. The number of hydrogen-bond donors (Lipinski definition) is 1. The summed E-state index contributed by atoms with van der Waals surface area (Å²) < 4.78 is 5.98. The lowest BCUT2D eigenvalue weighted by Gasteiger charge is -2.43. The Morgan fingerprint density at radius 1 is 0.966 bits per heavy atom. The Balaban J connectivity index is 1.36. The van der Waals surface area contributed by atoms with E-state index in [9.17, 15) is 5.11 Å². The Labute approximate surface area is 173 Å². The third kappa shape index (κ3) is 4.26. The SMILES string of the molecule is Cc1cc(C)c(-c2nnc(N3CCC(N4CCN(C(C)C)CC4)CC3)o2)cc1O. The maximum Gasteiger partial charge on any atom is 0.318 e. The Kier molecular flexibility index (Phi) is 5.79. The van der Waals surface area contributed by atoms with Gasteiger partial charge in [-0.2, -0.15) is 0 Å². The molecular formula is C22H33N5O2. The molecule has 7 nitrogen and oxygen atoms in total. The molecule has 0 amide bonds. The van der Waals surface area contributed by atoms with Crippen LogP contribution in [-0.4, -0.2) is 76.5 Å². The number of benzene rings is 1. The molecule has 1 aromatic carbocycles. The second-order valence-corrected chi connectivity index (χ2v) is 8.73. The zero-order valence-electron chi connectivity index (χ0n) is 18.1. The van der Waals surface area contributed by atoms with E-state index in [4.69, 9.17) is 4.42 Å². The van der Waals surface area contributed by atoms with Gasteiger partial charge < -0.3 is 14.4 Å². The van der Waals surface area contributed by atoms with Gasteiger partial charge in [-0.1, -0.05) is 11.2 Å². The van der Waals surface area contributed by atoms with E-state index in [1.807, 2.05) is 19.9 Å². The Morgan fingerprint density at radius 3 is 2.31 bits per heavy atom. The highest BCUT2D eigenvalue weighted by atomic mass is 16.4. The van der Waals surface area contributed by atoms with Crippen LogP contribution in [0.1, 0.15) is 37.8 Å². The molecule has 7 heteroatoms. The predicted molar refractivity (Wildman–Crippen MR) is 114 cm³/mol. The molecule has 2 fully saturated rings. The molecule has 0 spiro atoms. The molecule has 0 atom stereocenters. The summed E-state index contributed by atoms with van der Waals surface area (Å²) in [5.41, 5.74) is 2.67. The van der Waals surface area contributed by atoms with Crippen molar-refractivity contribution in [2.24, 2.45) is 0 Å². The van der Waals surface area contributed by atoms with Crippen LogP contribution in [0.15, 0.2) is 16.5 Å². The van der Waals surface area contributed by atoms with Crippen LogP contribution >= 0.6 is 0 Å². The topological polar surface area (TPSA) is 68.9 Å². The van der Waals surface area contributed by atoms with E-state index in [1.165, 1.54) is 26.2 Å². The van der Waals surface area contributed by atoms with E-state index in [1.54, 1.807) is 6.07 Å². The van der Waals surface area contributed by atoms with Gasteiger partial charge in [-0.15, -0.1) is 5.10 Å². The van der Waals surface area contributed by atoms with Gasteiger partial charge in [0.25, 0.3) is 0 Å². The standard InChI is InChI=1S/C22H33N5O2/c1-15(2)25-9-11-26(12-10-25)18-5-7-27(8-6-18)22-24-23-21(29-22)19-14-20(28)17(4)13-16(19)3/h13-15,18,28H,5-12H2,1-4H3. The van der Waals surface area contributed by atoms with Gasteiger partial charge in [-0.3, -0.25) is 9.80 Å². The average Bonchev–Trinajstić information content (AvgIpc) is 3.21. The number of rotatable bonds is 4. The number of anilines is 1. The zero-order chi connectivity index (χ0) is 20.5. The van der Waals surface area contributed by atoms with Crippen molar-refractivity contribution in [3.8, 4) is 17.2 Å². The van der Waals surface area contributed by atoms with Crippen LogP contribution in [0.2, 0.25) is 0 Å². The summed E-state index contributed by atoms with van der Waals surface area (Å²) in [5, 5.41) is 18.6. The highest BCUT2D eigenvalue weighted by molar-refractivity contribution is 5.62. The third-order valence-electron chi connectivity index (χ3n) is 6.52. The molecule has 0 saturated carbocycles. The fraction of sp³-hybridized carbons (Fsp3) is 0.636. The van der Waals surface area contributed by atoms with Gasteiger partial charge in [0.1, 0.15) is 5.75 Å². The highest BCUT2D eigenvalue weighted by Gasteiger charge is 2.29. The number of nitrogens with zero attached hydrogens (tertiary/aromatic N) is 5. The van der Waals surface area contributed by atoms with E-state index in [0.717, 1.165) is 42.6 Å². The van der Waals surface area contributed by atoms with Crippen molar-refractivity contribution in [2.45, 2.75) is 52.6 Å². The molecule has 4 rings (SSSR count). The van der Waals surface area contributed by atoms with Gasteiger partial charge in [-0.05, 0) is 57.7 Å². The van der Waals surface area contributed by atoms with E-state index >= 15 is 0 Å². The lowest BCUT2D eigenvalue weighted by molar-refractivity contribution is 0.0689. The molecule has 2 saturated heterocycles. The molecular weight excluding hydrogens is 366 g/mol. The molecule has 0 bridgehead atoms. The summed E-state index contributed by atoms with van der Waals surface area (Å²) in [5.74, 6) is 0.725. The summed E-state index contributed by atoms with van der Waals surface area (Å²) in [6.07, 6.45) is 2.26. The normalized spacial score (nSPS) is 20.0. The van der Waals surface area contributed by atoms with Gasteiger partial charge in [0.05, 0.1) is 0 Å². The Bertz CT molecular complexity index is 834. The first-order chi connectivity index (χ1) is 13.9. The minimum Gasteiger partial charge on any atom is -0.508 e. The lowest BCUT2D eigenvalue weighted by Crippen LogP contribution is -2.54. The number of piperidine rings is 1. The molecule has 29 heavy (non-hydrogen) atoms. The minimum atomic E-state index is 0.253. The monoisotopic (exact) mass is 399 g/mol. The Morgan fingerprint density at radius 2 is 1.66 bits per heavy atom. The van der Waals surface area contributed by atoms with Crippen molar-refractivity contribution in [3.63, 3.8) is 0 Å². The summed E-state index contributed by atoms with van der Waals surface area (Å²) >= 11 is 0. The van der Waals surface area contributed by atoms with Crippen molar-refractivity contribution in [3.05, 3.63) is 23.3 Å². The van der Waals surface area contributed by atoms with Crippen molar-refractivity contribution in [1.29, 1.82) is 0 Å². The molecule has 0 unspecified atom stereocenters. The Hall–Kier alpha value is -2.12. The maximum absolute atomic E-state index is 10.0. The number of hydrogen-bond acceptors (Lipinski definition) is 7. The van der Waals surface area contributed by atoms with Crippen molar-refractivity contribution >= 4 is 6.01 Å². The molecule has 1 aromatic heterocycles. The van der Waals surface area contributed by atoms with Crippen molar-refractivity contribution < 1.29 is 9.52 Å². The second kappa shape index (κ2) is 8.32. The molecule has 158 valence electrons. The number of phenols is 1. The van der Waals surface area contributed by atoms with Crippen LogP contribution in [0.5, 0.6) is 5.75 Å². The molecule has 3 heterocycles. The van der Waals surface area contributed by atoms with Crippen LogP contribution < -0.4 is 4.90 Å². The van der Waals surface area contributed by atoms with Gasteiger partial charge in [0, 0.05) is 56.9 Å². The lowest BCUT2D eigenvalue weighted by atomic mass is 10.0. The summed E-state index contributed by atoms with van der Waals surface area (Å²) in [7, 11) is 0. The number of phenolic OH excluding ortho intramolecular Hbond substituents is 1. The fourth-order valence-electron chi connectivity index (χ4n) is 4.56. The van der Waals surface area contributed by atoms with Crippen molar-refractivity contribution in [2.75, 3.05) is 44.2 Å². The predicted octanol–water partition coefficient (Wildman–Crippen LogP) is 3.05. The van der Waals surface area contributed by atoms with Gasteiger partial charge in [0.15, 0.2) is 0 Å². The molecule has 0 aliphatic carbocycles. The highest BCUT2D eigenvalue weighted by Crippen LogP contribution is 2.31. The number of aryl methyl sites for hydroxylation is 2. The first-order valence-corrected chi connectivity index (χ1v) is 10.8. The number of aromatic nitrogens is 2. The first-order valence-electron chi connectivity index (χ1n) is 10.8. The molecule has 1 N–H and O–H groups in total. The molecule has 2 aromatic rings. The van der Waals surface area contributed by atoms with Crippen LogP contribution in [0.25, 0.3) is 11.5 Å². The zero-order valence-corrected chi connectivity index (χ0v) is 18.1. The maximum atomic E-state index is 10.0. The van der Waals surface area contributed by atoms with Crippen molar-refractivity contribution in [1.82, 2.24) is 20.0 Å². The van der Waals surface area contributed by atoms with Crippen LogP contribution in [-0.2, 0) is 0 Å². The van der Waals surface area contributed by atoms with Gasteiger partial charge in [0.2, 0.25) is 5.89 Å². The second-order valence-electron chi connectivity index (χ2n) is 8.73. The molecule has 2 aliphatic heterocycles. The van der Waals surface area contributed by atoms with Gasteiger partial charge >= 0.3 is 6.01 Å². The van der Waals surface area contributed by atoms with Crippen LogP contribution in [0.4, 0.5) is 6.01 Å². The largest absolute Gasteiger partial charge is 0.508 e. The number of aromatic hydroxyl groups is 1. The van der Waals surface area contributed by atoms with E-state index in [-0.39, 0.29) is 5.75 Å². The number of piperazine rings is 1. The van der Waals surface area contributed by atoms with E-state index < -0.39 is 0 Å². The van der Waals surface area contributed by atoms with E-state index in [0.29, 0.717) is 24.0 Å². The minimum absolute atomic E-state index is 0.253. The average molecular weight is 400 g/mol. The molecule has 0 radical (unpaired) electrons. The van der Waals surface area contributed by atoms with Gasteiger partial charge in [-0.25, -0.2) is 0 Å². The van der Waals surface area contributed by atoms with Crippen LogP contribution in [0, 0.1) is 13.8 Å². The summed E-state index contributed by atoms with van der Waals surface area (Å²) in [6.45, 7) is 15.0.